The number of hydrogen-bond donors (Lipinski definition) is 2. The average Bonchev–Trinajstić information content (AvgIpc) is 2.55. The molecule has 4 nitrogen and oxygen atoms in total. The van der Waals surface area contributed by atoms with Crippen LogP contribution >= 0.6 is 0 Å². The van der Waals surface area contributed by atoms with E-state index >= 15 is 0 Å². The van der Waals surface area contributed by atoms with Gasteiger partial charge in [-0.1, -0.05) is 90.9 Å². The topological polar surface area (TPSA) is 74.6 Å². The van der Waals surface area contributed by atoms with Crippen molar-refractivity contribution in [3.05, 3.63) is 0 Å². The summed E-state index contributed by atoms with van der Waals surface area (Å²) in [6, 6.07) is 0. The first kappa shape index (κ1) is 24.9. The van der Waals surface area contributed by atoms with Gasteiger partial charge in [0, 0.05) is 0 Å². The maximum absolute atomic E-state index is 11.5. The Morgan fingerprint density at radius 3 is 1.52 bits per heavy atom. The Morgan fingerprint density at radius 1 is 0.640 bits per heavy atom. The summed E-state index contributed by atoms with van der Waals surface area (Å²) in [6.45, 7) is 4.27. The van der Waals surface area contributed by atoms with Gasteiger partial charge in [-0.3, -0.25) is 4.55 Å². The summed E-state index contributed by atoms with van der Waals surface area (Å²) in [6.07, 6.45) is 15.7. The lowest BCUT2D eigenvalue weighted by Gasteiger charge is -2.13. The van der Waals surface area contributed by atoms with Crippen molar-refractivity contribution in [1.82, 2.24) is 0 Å². The van der Waals surface area contributed by atoms with Crippen LogP contribution in [-0.2, 0) is 10.1 Å². The van der Waals surface area contributed by atoms with Crippen molar-refractivity contribution in [2.45, 2.75) is 128 Å². The van der Waals surface area contributed by atoms with Gasteiger partial charge >= 0.3 is 0 Å². The molecule has 0 aliphatic rings. The lowest BCUT2D eigenvalue weighted by molar-refractivity contribution is 0.148. The molecule has 0 bridgehead atoms. The number of hydrogen-bond acceptors (Lipinski definition) is 3. The van der Waals surface area contributed by atoms with Crippen molar-refractivity contribution >= 4 is 10.1 Å². The Kier molecular flexibility index (Phi) is 16.0. The number of unbranched alkanes of at least 4 members (excludes halogenated alkanes) is 9. The first-order valence-electron chi connectivity index (χ1n) is 10.6. The fraction of sp³-hybridized carbons (Fsp3) is 1.00. The van der Waals surface area contributed by atoms with Crippen LogP contribution in [0.4, 0.5) is 0 Å². The van der Waals surface area contributed by atoms with Gasteiger partial charge in [-0.2, -0.15) is 8.42 Å². The number of aliphatic hydroxyl groups excluding tert-OH is 1. The Labute approximate surface area is 156 Å². The van der Waals surface area contributed by atoms with Gasteiger partial charge in [0.05, 0.1) is 11.4 Å². The monoisotopic (exact) mass is 378 g/mol. The van der Waals surface area contributed by atoms with Gasteiger partial charge < -0.3 is 5.11 Å². The van der Waals surface area contributed by atoms with Gasteiger partial charge in [0.15, 0.2) is 0 Å². The highest BCUT2D eigenvalue weighted by Gasteiger charge is 2.21. The van der Waals surface area contributed by atoms with E-state index in [2.05, 4.69) is 13.8 Å². The van der Waals surface area contributed by atoms with Crippen molar-refractivity contribution in [1.29, 1.82) is 0 Å². The molecule has 5 heteroatoms. The zero-order chi connectivity index (χ0) is 19.0. The first-order chi connectivity index (χ1) is 11.9. The summed E-state index contributed by atoms with van der Waals surface area (Å²) in [7, 11) is -3.90. The molecule has 0 fully saturated rings. The quantitative estimate of drug-likeness (QED) is 0.230. The van der Waals surface area contributed by atoms with E-state index in [9.17, 15) is 18.1 Å². The third-order valence-electron chi connectivity index (χ3n) is 5.01. The molecule has 0 heterocycles. The molecule has 0 radical (unpaired) electrons. The molecular formula is C20H42O4S. The van der Waals surface area contributed by atoms with E-state index in [0.29, 0.717) is 12.8 Å². The van der Waals surface area contributed by atoms with Crippen LogP contribution in [0.2, 0.25) is 0 Å². The summed E-state index contributed by atoms with van der Waals surface area (Å²) < 4.78 is 32.3. The molecule has 2 atom stereocenters. The maximum Gasteiger partial charge on any atom is 0.267 e. The predicted octanol–water partition coefficient (Wildman–Crippen LogP) is 5.89. The highest BCUT2D eigenvalue weighted by atomic mass is 32.2. The highest BCUT2D eigenvalue weighted by molar-refractivity contribution is 7.86. The van der Waals surface area contributed by atoms with E-state index < -0.39 is 15.4 Å². The van der Waals surface area contributed by atoms with E-state index in [1.54, 1.807) is 0 Å². The Morgan fingerprint density at radius 2 is 1.04 bits per heavy atom. The Hall–Kier alpha value is -0.130. The van der Waals surface area contributed by atoms with Gasteiger partial charge in [0.2, 0.25) is 0 Å². The van der Waals surface area contributed by atoms with Crippen LogP contribution < -0.4 is 0 Å². The van der Waals surface area contributed by atoms with Gasteiger partial charge in [-0.05, 0) is 25.7 Å². The second-order valence-electron chi connectivity index (χ2n) is 7.48. The van der Waals surface area contributed by atoms with Crippen LogP contribution in [0.5, 0.6) is 0 Å². The van der Waals surface area contributed by atoms with Crippen LogP contribution in [-0.4, -0.2) is 29.4 Å². The first-order valence-corrected chi connectivity index (χ1v) is 12.1. The summed E-state index contributed by atoms with van der Waals surface area (Å²) >= 11 is 0. The standard InChI is InChI=1S/C20H42O4S/c1-3-5-7-13-17-20(25(22,23)24)18-14-11-9-8-10-12-16-19(21)15-6-4-2/h19-21H,3-18H2,1-2H3,(H,22,23,24). The molecule has 0 aromatic rings. The maximum atomic E-state index is 11.5. The molecule has 0 amide bonds. The van der Waals surface area contributed by atoms with E-state index in [-0.39, 0.29) is 6.10 Å². The van der Waals surface area contributed by atoms with Gasteiger partial charge in [-0.15, -0.1) is 0 Å². The molecule has 2 N–H and O–H groups in total. The molecule has 0 aliphatic heterocycles. The van der Waals surface area contributed by atoms with E-state index in [4.69, 9.17) is 0 Å². The van der Waals surface area contributed by atoms with Crippen molar-refractivity contribution in [3.8, 4) is 0 Å². The Balaban J connectivity index is 3.68. The van der Waals surface area contributed by atoms with Gasteiger partial charge in [0.1, 0.15) is 0 Å². The fourth-order valence-electron chi connectivity index (χ4n) is 3.28. The van der Waals surface area contributed by atoms with Gasteiger partial charge in [-0.25, -0.2) is 0 Å². The van der Waals surface area contributed by atoms with Crippen molar-refractivity contribution in [2.75, 3.05) is 0 Å². The molecule has 0 aromatic heterocycles. The third-order valence-corrected chi connectivity index (χ3v) is 6.32. The van der Waals surface area contributed by atoms with Crippen molar-refractivity contribution in [2.24, 2.45) is 0 Å². The van der Waals surface area contributed by atoms with Crippen LogP contribution in [0.3, 0.4) is 0 Å². The van der Waals surface area contributed by atoms with Crippen LogP contribution in [0, 0.1) is 0 Å². The summed E-state index contributed by atoms with van der Waals surface area (Å²) in [5, 5.41) is 9.21. The summed E-state index contributed by atoms with van der Waals surface area (Å²) in [4.78, 5) is 0. The minimum Gasteiger partial charge on any atom is -0.393 e. The van der Waals surface area contributed by atoms with Crippen molar-refractivity contribution in [3.63, 3.8) is 0 Å². The molecular weight excluding hydrogens is 336 g/mol. The second kappa shape index (κ2) is 16.1. The lowest BCUT2D eigenvalue weighted by Crippen LogP contribution is -2.20. The number of aliphatic hydroxyl groups is 1. The largest absolute Gasteiger partial charge is 0.393 e. The van der Waals surface area contributed by atoms with Crippen LogP contribution in [0.15, 0.2) is 0 Å². The molecule has 0 aliphatic carbocycles. The third kappa shape index (κ3) is 15.8. The highest BCUT2D eigenvalue weighted by Crippen LogP contribution is 2.19. The Bertz CT molecular complexity index is 381. The van der Waals surface area contributed by atoms with Crippen LogP contribution in [0.25, 0.3) is 0 Å². The molecule has 2 unspecified atom stereocenters. The van der Waals surface area contributed by atoms with Crippen molar-refractivity contribution < 1.29 is 18.1 Å². The zero-order valence-corrected chi connectivity index (χ0v) is 17.4. The van der Waals surface area contributed by atoms with E-state index in [0.717, 1.165) is 89.9 Å². The average molecular weight is 379 g/mol. The minimum absolute atomic E-state index is 0.136. The van der Waals surface area contributed by atoms with E-state index in [1.165, 1.54) is 0 Å². The predicted molar refractivity (Wildman–Crippen MR) is 107 cm³/mol. The SMILES string of the molecule is CCCCCCC(CCCCCCCCC(O)CCCC)S(=O)(=O)O. The molecule has 0 saturated heterocycles. The van der Waals surface area contributed by atoms with Crippen LogP contribution in [0.1, 0.15) is 117 Å². The molecule has 0 aromatic carbocycles. The molecule has 152 valence electrons. The molecule has 0 saturated carbocycles. The summed E-state index contributed by atoms with van der Waals surface area (Å²) in [5.41, 5.74) is 0. The molecule has 25 heavy (non-hydrogen) atoms. The zero-order valence-electron chi connectivity index (χ0n) is 16.6. The van der Waals surface area contributed by atoms with E-state index in [1.807, 2.05) is 0 Å². The minimum atomic E-state index is -3.90. The van der Waals surface area contributed by atoms with Gasteiger partial charge in [0.25, 0.3) is 10.1 Å². The fourth-order valence-corrected chi connectivity index (χ4v) is 4.21. The summed E-state index contributed by atoms with van der Waals surface area (Å²) in [5.74, 6) is 0. The second-order valence-corrected chi connectivity index (χ2v) is 9.18. The smallest absolute Gasteiger partial charge is 0.267 e. The number of rotatable bonds is 18. The normalized spacial score (nSPS) is 14.6. The molecule has 0 spiro atoms. The lowest BCUT2D eigenvalue weighted by atomic mass is 10.0. The molecule has 0 rings (SSSR count).